The van der Waals surface area contributed by atoms with Crippen LogP contribution >= 0.6 is 11.6 Å². The third-order valence-electron chi connectivity index (χ3n) is 6.25. The van der Waals surface area contributed by atoms with Crippen molar-refractivity contribution in [2.45, 2.75) is 25.2 Å². The van der Waals surface area contributed by atoms with Gasteiger partial charge >= 0.3 is 0 Å². The van der Waals surface area contributed by atoms with Gasteiger partial charge in [-0.25, -0.2) is 17.1 Å². The molecule has 5 nitrogen and oxygen atoms in total. The molecule has 2 aromatic carbocycles. The number of benzene rings is 2. The van der Waals surface area contributed by atoms with Crippen LogP contribution in [0.25, 0.3) is 0 Å². The molecule has 1 aliphatic carbocycles. The summed E-state index contributed by atoms with van der Waals surface area (Å²) in [5, 5.41) is 0.704. The number of carbonyl (C=O) groups is 1. The second-order valence-corrected chi connectivity index (χ2v) is 10.9. The molecule has 4 rings (SSSR count). The molecule has 1 heterocycles. The van der Waals surface area contributed by atoms with Crippen LogP contribution in [0.2, 0.25) is 5.02 Å². The Morgan fingerprint density at radius 2 is 1.65 bits per heavy atom. The minimum atomic E-state index is -3.37. The first-order chi connectivity index (χ1) is 14.8. The molecule has 8 heteroatoms. The molecular weight excluding hydrogens is 439 g/mol. The van der Waals surface area contributed by atoms with Crippen molar-refractivity contribution in [1.29, 1.82) is 0 Å². The van der Waals surface area contributed by atoms with Crippen LogP contribution in [0.15, 0.2) is 48.5 Å². The highest BCUT2D eigenvalue weighted by molar-refractivity contribution is 7.89. The molecular formula is C23H26ClFN2O3S. The predicted molar refractivity (Wildman–Crippen MR) is 119 cm³/mol. The normalized spacial score (nSPS) is 22.6. The molecule has 0 atom stereocenters. The Labute approximate surface area is 187 Å². The second-order valence-electron chi connectivity index (χ2n) is 8.42. The molecule has 0 N–H and O–H groups in total. The van der Waals surface area contributed by atoms with Gasteiger partial charge in [0.05, 0.1) is 5.75 Å². The first-order valence-electron chi connectivity index (χ1n) is 10.6. The Morgan fingerprint density at radius 3 is 2.32 bits per heavy atom. The van der Waals surface area contributed by atoms with Gasteiger partial charge in [-0.3, -0.25) is 4.79 Å². The van der Waals surface area contributed by atoms with E-state index in [1.54, 1.807) is 4.90 Å². The molecule has 1 saturated heterocycles. The van der Waals surface area contributed by atoms with Gasteiger partial charge in [0, 0.05) is 36.8 Å². The second kappa shape index (κ2) is 9.27. The average Bonchev–Trinajstić information content (AvgIpc) is 2.98. The van der Waals surface area contributed by atoms with E-state index in [9.17, 15) is 17.6 Å². The maximum absolute atomic E-state index is 13.1. The van der Waals surface area contributed by atoms with E-state index >= 15 is 0 Å². The quantitative estimate of drug-likeness (QED) is 0.667. The van der Waals surface area contributed by atoms with Gasteiger partial charge in [0.1, 0.15) is 5.82 Å². The fraction of sp³-hybridized carbons (Fsp3) is 0.435. The van der Waals surface area contributed by atoms with Gasteiger partial charge < -0.3 is 4.90 Å². The molecule has 2 fully saturated rings. The van der Waals surface area contributed by atoms with Crippen LogP contribution in [0, 0.1) is 11.7 Å². The first kappa shape index (κ1) is 22.2. The largest absolute Gasteiger partial charge is 0.337 e. The zero-order valence-electron chi connectivity index (χ0n) is 17.2. The molecule has 0 spiro atoms. The highest BCUT2D eigenvalue weighted by Crippen LogP contribution is 2.42. The number of nitrogens with zero attached hydrogens (tertiary/aromatic N) is 2. The van der Waals surface area contributed by atoms with E-state index in [1.165, 1.54) is 34.1 Å². The maximum atomic E-state index is 13.1. The van der Waals surface area contributed by atoms with Crippen molar-refractivity contribution in [3.8, 4) is 0 Å². The minimum absolute atomic E-state index is 0.156. The number of halogens is 2. The van der Waals surface area contributed by atoms with Gasteiger partial charge in [-0.05, 0) is 73.1 Å². The van der Waals surface area contributed by atoms with Crippen molar-refractivity contribution in [1.82, 2.24) is 9.21 Å². The molecule has 1 aliphatic heterocycles. The van der Waals surface area contributed by atoms with Crippen molar-refractivity contribution in [3.05, 3.63) is 70.5 Å². The summed E-state index contributed by atoms with van der Waals surface area (Å²) in [5.74, 6) is 0.127. The highest BCUT2D eigenvalue weighted by Gasteiger charge is 2.36. The topological polar surface area (TPSA) is 57.7 Å². The fourth-order valence-corrected chi connectivity index (χ4v) is 6.40. The summed E-state index contributed by atoms with van der Waals surface area (Å²) in [7, 11) is -3.37. The lowest BCUT2D eigenvalue weighted by atomic mass is 9.72. The Kier molecular flexibility index (Phi) is 6.65. The van der Waals surface area contributed by atoms with Crippen LogP contribution in [0.3, 0.4) is 0 Å². The van der Waals surface area contributed by atoms with Gasteiger partial charge in [-0.1, -0.05) is 23.7 Å². The Bertz CT molecular complexity index is 1020. The molecule has 0 unspecified atom stereocenters. The number of sulfonamides is 1. The Morgan fingerprint density at radius 1 is 0.968 bits per heavy atom. The van der Waals surface area contributed by atoms with Crippen molar-refractivity contribution in [2.75, 3.05) is 31.9 Å². The number of carbonyl (C=O) groups excluding carboxylic acids is 1. The van der Waals surface area contributed by atoms with Crippen molar-refractivity contribution < 1.29 is 17.6 Å². The van der Waals surface area contributed by atoms with E-state index in [0.29, 0.717) is 49.1 Å². The van der Waals surface area contributed by atoms with Crippen molar-refractivity contribution in [2.24, 2.45) is 5.92 Å². The summed E-state index contributed by atoms with van der Waals surface area (Å²) in [5.41, 5.74) is 1.63. The van der Waals surface area contributed by atoms with Crippen LogP contribution in [-0.4, -0.2) is 55.5 Å². The lowest BCUT2D eigenvalue weighted by Crippen LogP contribution is -2.41. The number of rotatable bonds is 5. The molecule has 166 valence electrons. The van der Waals surface area contributed by atoms with Crippen LogP contribution in [0.5, 0.6) is 0 Å². The van der Waals surface area contributed by atoms with E-state index in [-0.39, 0.29) is 23.4 Å². The van der Waals surface area contributed by atoms with Crippen molar-refractivity contribution >= 4 is 27.5 Å². The fourth-order valence-electron chi connectivity index (χ4n) is 4.43. The van der Waals surface area contributed by atoms with Crippen LogP contribution in [0.4, 0.5) is 4.39 Å². The number of hydrogen-bond acceptors (Lipinski definition) is 3. The van der Waals surface area contributed by atoms with Crippen molar-refractivity contribution in [3.63, 3.8) is 0 Å². The molecule has 1 saturated carbocycles. The number of amides is 1. The lowest BCUT2D eigenvalue weighted by Gasteiger charge is -2.36. The summed E-state index contributed by atoms with van der Waals surface area (Å²) in [4.78, 5) is 14.3. The zero-order chi connectivity index (χ0) is 22.0. The summed E-state index contributed by atoms with van der Waals surface area (Å²) in [6.45, 7) is 1.54. The Hall–Kier alpha value is -1.96. The van der Waals surface area contributed by atoms with E-state index in [0.717, 1.165) is 12.8 Å². The average molecular weight is 465 g/mol. The smallest absolute Gasteiger partial charge is 0.253 e. The van der Waals surface area contributed by atoms with Crippen LogP contribution in [0.1, 0.15) is 41.1 Å². The van der Waals surface area contributed by atoms with E-state index in [2.05, 4.69) is 0 Å². The van der Waals surface area contributed by atoms with E-state index in [4.69, 9.17) is 11.6 Å². The van der Waals surface area contributed by atoms with Gasteiger partial charge in [0.2, 0.25) is 10.0 Å². The molecule has 0 aromatic heterocycles. The zero-order valence-corrected chi connectivity index (χ0v) is 18.8. The molecule has 0 radical (unpaired) electrons. The highest BCUT2D eigenvalue weighted by atomic mass is 35.5. The molecule has 31 heavy (non-hydrogen) atoms. The summed E-state index contributed by atoms with van der Waals surface area (Å²) in [6, 6.07) is 13.2. The predicted octanol–water partition coefficient (Wildman–Crippen LogP) is 4.15. The molecule has 0 bridgehead atoms. The van der Waals surface area contributed by atoms with Gasteiger partial charge in [0.15, 0.2) is 0 Å². The first-order valence-corrected chi connectivity index (χ1v) is 12.6. The lowest BCUT2D eigenvalue weighted by molar-refractivity contribution is 0.0764. The third kappa shape index (κ3) is 5.27. The summed E-state index contributed by atoms with van der Waals surface area (Å²) < 4.78 is 40.6. The number of hydrogen-bond donors (Lipinski definition) is 0. The van der Waals surface area contributed by atoms with E-state index < -0.39 is 10.0 Å². The molecule has 2 aromatic rings. The van der Waals surface area contributed by atoms with Crippen LogP contribution in [-0.2, 0) is 10.0 Å². The Balaban J connectivity index is 1.31. The van der Waals surface area contributed by atoms with E-state index in [1.807, 2.05) is 24.3 Å². The molecule has 2 aliphatic rings. The van der Waals surface area contributed by atoms with Gasteiger partial charge in [0.25, 0.3) is 5.91 Å². The maximum Gasteiger partial charge on any atom is 0.253 e. The molecule has 1 amide bonds. The van der Waals surface area contributed by atoms with Gasteiger partial charge in [-0.2, -0.15) is 0 Å². The van der Waals surface area contributed by atoms with Gasteiger partial charge in [-0.15, -0.1) is 0 Å². The summed E-state index contributed by atoms with van der Waals surface area (Å²) >= 11 is 5.94. The minimum Gasteiger partial charge on any atom is -0.337 e. The standard InChI is InChI=1S/C23H26ClFN2O3S/c24-21-6-2-18(3-7-21)20-14-17(15-20)16-31(29,30)27-11-1-10-26(12-13-27)23(28)19-4-8-22(25)9-5-19/h2-9,17,20H,1,10-16H2. The third-order valence-corrected chi connectivity index (χ3v) is 8.55. The SMILES string of the molecule is O=C(c1ccc(F)cc1)N1CCCN(S(=O)(=O)CC2CC(c3ccc(Cl)cc3)C2)CC1. The summed E-state index contributed by atoms with van der Waals surface area (Å²) in [6.07, 6.45) is 2.32. The monoisotopic (exact) mass is 464 g/mol. The van der Waals surface area contributed by atoms with Crippen LogP contribution < -0.4 is 0 Å².